The number of carboxylic acids is 1. The van der Waals surface area contributed by atoms with Crippen LogP contribution in [0.1, 0.15) is 21.7 Å². The summed E-state index contributed by atoms with van der Waals surface area (Å²) in [7, 11) is -3.77. The Morgan fingerprint density at radius 1 is 1.29 bits per heavy atom. The van der Waals surface area contributed by atoms with Crippen LogP contribution in [0.25, 0.3) is 0 Å². The normalized spacial score (nSPS) is 11.3. The number of sulfone groups is 1. The zero-order chi connectivity index (χ0) is 15.6. The second-order valence-corrected chi connectivity index (χ2v) is 6.84. The second-order valence-electron chi connectivity index (χ2n) is 4.48. The lowest BCUT2D eigenvalue weighted by atomic mass is 10.2. The summed E-state index contributed by atoms with van der Waals surface area (Å²) in [6.45, 7) is 1.76. The Kier molecular flexibility index (Phi) is 4.29. The molecule has 5 nitrogen and oxygen atoms in total. The highest BCUT2D eigenvalue weighted by atomic mass is 35.5. The van der Waals surface area contributed by atoms with Gasteiger partial charge < -0.3 is 5.11 Å². The molecule has 2 aromatic rings. The van der Waals surface area contributed by atoms with Gasteiger partial charge in [0.15, 0.2) is 9.84 Å². The summed E-state index contributed by atoms with van der Waals surface area (Å²) in [6.07, 6.45) is 0. The van der Waals surface area contributed by atoms with Crippen molar-refractivity contribution in [3.05, 3.63) is 58.4 Å². The third-order valence-corrected chi connectivity index (χ3v) is 4.92. The van der Waals surface area contributed by atoms with Gasteiger partial charge in [-0.1, -0.05) is 17.7 Å². The van der Waals surface area contributed by atoms with Crippen molar-refractivity contribution in [2.45, 2.75) is 17.6 Å². The summed E-state index contributed by atoms with van der Waals surface area (Å²) in [5.41, 5.74) is 0.954. The molecule has 0 spiro atoms. The van der Waals surface area contributed by atoms with E-state index in [1.807, 2.05) is 0 Å². The van der Waals surface area contributed by atoms with Crippen molar-refractivity contribution in [1.29, 1.82) is 0 Å². The zero-order valence-corrected chi connectivity index (χ0v) is 12.6. The van der Waals surface area contributed by atoms with E-state index in [0.717, 1.165) is 6.07 Å². The number of hydrogen-bond donors (Lipinski definition) is 1. The highest BCUT2D eigenvalue weighted by Gasteiger charge is 2.21. The first kappa shape index (κ1) is 15.5. The minimum atomic E-state index is -3.77. The highest BCUT2D eigenvalue weighted by Crippen LogP contribution is 2.25. The SMILES string of the molecule is Cc1cccc(CS(=O)(=O)c2cc(C(=O)O)ccc2Cl)n1. The van der Waals surface area contributed by atoms with Crippen LogP contribution >= 0.6 is 11.6 Å². The second kappa shape index (κ2) is 5.83. The van der Waals surface area contributed by atoms with Crippen LogP contribution in [0.2, 0.25) is 5.02 Å². The summed E-state index contributed by atoms with van der Waals surface area (Å²) < 4.78 is 24.8. The van der Waals surface area contributed by atoms with Gasteiger partial charge in [-0.05, 0) is 37.3 Å². The van der Waals surface area contributed by atoms with E-state index in [9.17, 15) is 13.2 Å². The number of halogens is 1. The smallest absolute Gasteiger partial charge is 0.335 e. The van der Waals surface area contributed by atoms with E-state index in [2.05, 4.69) is 4.98 Å². The molecule has 0 radical (unpaired) electrons. The molecule has 0 aliphatic carbocycles. The van der Waals surface area contributed by atoms with Crippen LogP contribution in [-0.4, -0.2) is 24.5 Å². The molecule has 0 unspecified atom stereocenters. The Balaban J connectivity index is 2.44. The predicted octanol–water partition coefficient (Wildman–Crippen LogP) is 2.72. The first-order valence-corrected chi connectivity index (χ1v) is 8.01. The van der Waals surface area contributed by atoms with Gasteiger partial charge in [0.05, 0.1) is 26.9 Å². The first-order valence-electron chi connectivity index (χ1n) is 5.98. The number of pyridine rings is 1. The number of rotatable bonds is 4. The van der Waals surface area contributed by atoms with Crippen molar-refractivity contribution in [3.63, 3.8) is 0 Å². The third kappa shape index (κ3) is 3.59. The molecule has 2 rings (SSSR count). The molecule has 1 N–H and O–H groups in total. The van der Waals surface area contributed by atoms with Crippen LogP contribution < -0.4 is 0 Å². The first-order chi connectivity index (χ1) is 9.79. The lowest BCUT2D eigenvalue weighted by molar-refractivity contribution is 0.0696. The van der Waals surface area contributed by atoms with Crippen molar-refractivity contribution in [1.82, 2.24) is 4.98 Å². The number of aromatic nitrogens is 1. The number of aromatic carboxylic acids is 1. The minimum Gasteiger partial charge on any atom is -0.478 e. The fourth-order valence-electron chi connectivity index (χ4n) is 1.83. The fourth-order valence-corrected chi connectivity index (χ4v) is 3.67. The highest BCUT2D eigenvalue weighted by molar-refractivity contribution is 7.90. The summed E-state index contributed by atoms with van der Waals surface area (Å²) in [5, 5.41) is 8.93. The maximum Gasteiger partial charge on any atom is 0.335 e. The Bertz CT molecular complexity index is 802. The van der Waals surface area contributed by atoms with Gasteiger partial charge in [0.2, 0.25) is 0 Å². The topological polar surface area (TPSA) is 84.3 Å². The molecular weight excluding hydrogens is 314 g/mol. The number of nitrogens with zero attached hydrogens (tertiary/aromatic N) is 1. The van der Waals surface area contributed by atoms with Crippen molar-refractivity contribution >= 4 is 27.4 Å². The molecule has 0 fully saturated rings. The lowest BCUT2D eigenvalue weighted by Crippen LogP contribution is -2.09. The van der Waals surface area contributed by atoms with Crippen LogP contribution in [0.4, 0.5) is 0 Å². The maximum absolute atomic E-state index is 12.4. The Morgan fingerprint density at radius 3 is 2.62 bits per heavy atom. The van der Waals surface area contributed by atoms with E-state index in [4.69, 9.17) is 16.7 Å². The standard InChI is InChI=1S/C14H12ClNO4S/c1-9-3-2-4-11(16-9)8-21(19,20)13-7-10(14(17)18)5-6-12(13)15/h2-7H,8H2,1H3,(H,17,18). The molecule has 0 saturated carbocycles. The summed E-state index contributed by atoms with van der Waals surface area (Å²) in [4.78, 5) is 14.9. The van der Waals surface area contributed by atoms with E-state index in [1.54, 1.807) is 25.1 Å². The van der Waals surface area contributed by atoms with Gasteiger partial charge in [0.1, 0.15) is 0 Å². The molecule has 0 bridgehead atoms. The van der Waals surface area contributed by atoms with Gasteiger partial charge in [-0.3, -0.25) is 4.98 Å². The maximum atomic E-state index is 12.4. The van der Waals surface area contributed by atoms with Crippen molar-refractivity contribution in [3.8, 4) is 0 Å². The molecule has 1 aromatic carbocycles. The van der Waals surface area contributed by atoms with Crippen molar-refractivity contribution in [2.75, 3.05) is 0 Å². The van der Waals surface area contributed by atoms with E-state index in [0.29, 0.717) is 11.4 Å². The minimum absolute atomic E-state index is 0.00680. The number of carbonyl (C=O) groups is 1. The van der Waals surface area contributed by atoms with Crippen molar-refractivity contribution < 1.29 is 18.3 Å². The Hall–Kier alpha value is -1.92. The van der Waals surface area contributed by atoms with Gasteiger partial charge in [-0.2, -0.15) is 0 Å². The number of aryl methyl sites for hydroxylation is 1. The van der Waals surface area contributed by atoms with E-state index >= 15 is 0 Å². The molecule has 110 valence electrons. The van der Waals surface area contributed by atoms with Gasteiger partial charge in [-0.25, -0.2) is 13.2 Å². The molecule has 0 aliphatic heterocycles. The summed E-state index contributed by atoms with van der Waals surface area (Å²) >= 11 is 5.89. The van der Waals surface area contributed by atoms with Crippen LogP contribution in [0.5, 0.6) is 0 Å². The predicted molar refractivity (Wildman–Crippen MR) is 78.3 cm³/mol. The zero-order valence-electron chi connectivity index (χ0n) is 11.1. The van der Waals surface area contributed by atoms with Crippen LogP contribution in [0.15, 0.2) is 41.3 Å². The molecule has 0 saturated heterocycles. The average molecular weight is 326 g/mol. The molecule has 1 aromatic heterocycles. The van der Waals surface area contributed by atoms with Gasteiger partial charge in [0.25, 0.3) is 0 Å². The number of hydrogen-bond acceptors (Lipinski definition) is 4. The largest absolute Gasteiger partial charge is 0.478 e. The number of carboxylic acid groups (broad SMARTS) is 1. The Morgan fingerprint density at radius 2 is 2.00 bits per heavy atom. The molecule has 21 heavy (non-hydrogen) atoms. The van der Waals surface area contributed by atoms with Gasteiger partial charge in [-0.15, -0.1) is 0 Å². The summed E-state index contributed by atoms with van der Waals surface area (Å²) in [5.74, 6) is -1.55. The van der Waals surface area contributed by atoms with Gasteiger partial charge >= 0.3 is 5.97 Å². The van der Waals surface area contributed by atoms with Crippen LogP contribution in [0.3, 0.4) is 0 Å². The molecule has 7 heteroatoms. The van der Waals surface area contributed by atoms with E-state index in [1.165, 1.54) is 12.1 Å². The molecule has 0 amide bonds. The Labute approximate surface area is 127 Å². The molecule has 0 aliphatic rings. The monoisotopic (exact) mass is 325 g/mol. The average Bonchev–Trinajstić information content (AvgIpc) is 2.38. The summed E-state index contributed by atoms with van der Waals surface area (Å²) in [6, 6.07) is 8.65. The quantitative estimate of drug-likeness (QED) is 0.934. The van der Waals surface area contributed by atoms with Crippen molar-refractivity contribution in [2.24, 2.45) is 0 Å². The van der Waals surface area contributed by atoms with E-state index in [-0.39, 0.29) is 21.2 Å². The van der Waals surface area contributed by atoms with Crippen LogP contribution in [-0.2, 0) is 15.6 Å². The van der Waals surface area contributed by atoms with E-state index < -0.39 is 15.8 Å². The lowest BCUT2D eigenvalue weighted by Gasteiger charge is -2.08. The fraction of sp³-hybridized carbons (Fsp3) is 0.143. The molecule has 1 heterocycles. The van der Waals surface area contributed by atoms with Gasteiger partial charge in [0, 0.05) is 5.69 Å². The third-order valence-electron chi connectivity index (χ3n) is 2.80. The molecule has 0 atom stereocenters. The molecular formula is C14H12ClNO4S. The van der Waals surface area contributed by atoms with Crippen LogP contribution in [0, 0.1) is 6.92 Å². The number of benzene rings is 1.